The van der Waals surface area contributed by atoms with Gasteiger partial charge in [-0.3, -0.25) is 14.7 Å². The summed E-state index contributed by atoms with van der Waals surface area (Å²) in [5, 5.41) is 19.7. The predicted octanol–water partition coefficient (Wildman–Crippen LogP) is -1.60. The number of aliphatic hydroxyl groups excluding tert-OH is 1. The van der Waals surface area contributed by atoms with Gasteiger partial charge in [0, 0.05) is 112 Å². The van der Waals surface area contributed by atoms with Crippen molar-refractivity contribution in [1.29, 1.82) is 0 Å². The maximum Gasteiger partial charge on any atom is 0.0701 e. The van der Waals surface area contributed by atoms with E-state index in [0.717, 1.165) is 105 Å². The van der Waals surface area contributed by atoms with Crippen molar-refractivity contribution in [3.63, 3.8) is 0 Å². The highest BCUT2D eigenvalue weighted by Crippen LogP contribution is 1.95. The molecule has 0 amide bonds. The standard InChI is InChI=1S/C33H75N7O8/c1-4-6-35-7-13-38(12-5-34)14-8-36-9-15-39(16-10-37-11-22-44-30-31-48-33-32-47-29-27-43-3)17-18-40(19-23-45-25-21-41)20-24-46-28-26-42-2/h35-37,41H,4-34H2,1-3H3. The summed E-state index contributed by atoms with van der Waals surface area (Å²) < 4.78 is 38.0. The Hall–Kier alpha value is -0.600. The molecule has 0 aliphatic carbocycles. The van der Waals surface area contributed by atoms with Gasteiger partial charge in [-0.1, -0.05) is 6.92 Å². The fourth-order valence-corrected chi connectivity index (χ4v) is 4.60. The Bertz CT molecular complexity index is 608. The second kappa shape index (κ2) is 40.8. The molecule has 0 saturated heterocycles. The molecular formula is C33H75N7O8. The zero-order valence-corrected chi connectivity index (χ0v) is 30.9. The Morgan fingerprint density at radius 2 is 0.833 bits per heavy atom. The summed E-state index contributed by atoms with van der Waals surface area (Å²) >= 11 is 0. The third kappa shape index (κ3) is 35.2. The van der Waals surface area contributed by atoms with Gasteiger partial charge < -0.3 is 59.9 Å². The second-order valence-electron chi connectivity index (χ2n) is 11.3. The van der Waals surface area contributed by atoms with Crippen molar-refractivity contribution in [2.45, 2.75) is 13.3 Å². The maximum absolute atomic E-state index is 9.07. The van der Waals surface area contributed by atoms with Crippen LogP contribution in [0.1, 0.15) is 13.3 Å². The van der Waals surface area contributed by atoms with E-state index in [9.17, 15) is 0 Å². The van der Waals surface area contributed by atoms with Crippen molar-refractivity contribution in [2.75, 3.05) is 205 Å². The van der Waals surface area contributed by atoms with Gasteiger partial charge in [-0.25, -0.2) is 0 Å². The number of rotatable bonds is 42. The topological polar surface area (TPSA) is 157 Å². The Balaban J connectivity index is 4.60. The average Bonchev–Trinajstić information content (AvgIpc) is 3.09. The number of nitrogens with two attached hydrogens (primary N) is 1. The monoisotopic (exact) mass is 698 g/mol. The molecule has 0 rings (SSSR count). The number of hydrogen-bond donors (Lipinski definition) is 5. The van der Waals surface area contributed by atoms with E-state index in [0.29, 0.717) is 85.8 Å². The Morgan fingerprint density at radius 1 is 0.438 bits per heavy atom. The molecule has 0 aromatic heterocycles. The first-order valence-electron chi connectivity index (χ1n) is 18.2. The number of nitrogens with zero attached hydrogens (tertiary/aromatic N) is 3. The van der Waals surface area contributed by atoms with E-state index in [1.807, 2.05) is 0 Å². The molecule has 0 saturated carbocycles. The van der Waals surface area contributed by atoms with Crippen LogP contribution in [0, 0.1) is 0 Å². The van der Waals surface area contributed by atoms with E-state index in [4.69, 9.17) is 44.0 Å². The lowest BCUT2D eigenvalue weighted by molar-refractivity contribution is 0.00408. The number of aliphatic hydroxyl groups is 1. The van der Waals surface area contributed by atoms with Crippen LogP contribution in [-0.4, -0.2) is 225 Å². The molecular weight excluding hydrogens is 622 g/mol. The van der Waals surface area contributed by atoms with Gasteiger partial charge in [0.2, 0.25) is 0 Å². The minimum atomic E-state index is 0.0393. The lowest BCUT2D eigenvalue weighted by Gasteiger charge is -2.28. The number of hydrogen-bond acceptors (Lipinski definition) is 15. The summed E-state index contributed by atoms with van der Waals surface area (Å²) in [6.45, 7) is 23.7. The summed E-state index contributed by atoms with van der Waals surface area (Å²) in [6.07, 6.45) is 1.15. The summed E-state index contributed by atoms with van der Waals surface area (Å²) in [5.41, 5.74) is 5.86. The normalized spacial score (nSPS) is 12.0. The van der Waals surface area contributed by atoms with Crippen molar-refractivity contribution < 1.29 is 38.3 Å². The van der Waals surface area contributed by atoms with Crippen LogP contribution < -0.4 is 21.7 Å². The van der Waals surface area contributed by atoms with Gasteiger partial charge in [-0.15, -0.1) is 0 Å². The van der Waals surface area contributed by atoms with Crippen LogP contribution in [0.3, 0.4) is 0 Å². The minimum absolute atomic E-state index is 0.0393. The molecule has 0 aliphatic heterocycles. The highest BCUT2D eigenvalue weighted by atomic mass is 16.6. The van der Waals surface area contributed by atoms with Gasteiger partial charge in [0.25, 0.3) is 0 Å². The van der Waals surface area contributed by atoms with Crippen molar-refractivity contribution in [2.24, 2.45) is 5.73 Å². The van der Waals surface area contributed by atoms with E-state index in [2.05, 4.69) is 37.6 Å². The van der Waals surface area contributed by atoms with Crippen LogP contribution in [0.4, 0.5) is 0 Å². The Morgan fingerprint density at radius 3 is 1.31 bits per heavy atom. The Kier molecular flexibility index (Phi) is 40.3. The third-order valence-electron chi connectivity index (χ3n) is 7.39. The number of methoxy groups -OCH3 is 2. The molecule has 0 atom stereocenters. The van der Waals surface area contributed by atoms with Crippen LogP contribution in [0.15, 0.2) is 0 Å². The molecule has 15 nitrogen and oxygen atoms in total. The van der Waals surface area contributed by atoms with Crippen molar-refractivity contribution >= 4 is 0 Å². The zero-order chi connectivity index (χ0) is 35.0. The van der Waals surface area contributed by atoms with E-state index >= 15 is 0 Å². The first kappa shape index (κ1) is 47.4. The fourth-order valence-electron chi connectivity index (χ4n) is 4.60. The molecule has 0 aromatic carbocycles. The average molecular weight is 698 g/mol. The number of nitrogens with one attached hydrogen (secondary N) is 3. The molecule has 6 N–H and O–H groups in total. The van der Waals surface area contributed by atoms with E-state index < -0.39 is 0 Å². The quantitative estimate of drug-likeness (QED) is 0.0465. The summed E-state index contributed by atoms with van der Waals surface area (Å²) in [4.78, 5) is 7.30. The van der Waals surface area contributed by atoms with Gasteiger partial charge in [0.15, 0.2) is 0 Å². The van der Waals surface area contributed by atoms with Gasteiger partial charge in [0.1, 0.15) is 0 Å². The summed E-state index contributed by atoms with van der Waals surface area (Å²) in [7, 11) is 3.34. The SMILES string of the molecule is CCCNCCN(CCN)CCNCCN(CCNCCOCCOCCOCCOC)CCN(CCOCCO)CCOCCOC. The van der Waals surface area contributed by atoms with E-state index in [1.165, 1.54) is 0 Å². The molecule has 0 unspecified atom stereocenters. The van der Waals surface area contributed by atoms with Crippen LogP contribution in [0.2, 0.25) is 0 Å². The van der Waals surface area contributed by atoms with Crippen LogP contribution in [0.25, 0.3) is 0 Å². The fraction of sp³-hybridized carbons (Fsp3) is 1.00. The first-order valence-corrected chi connectivity index (χ1v) is 18.2. The third-order valence-corrected chi connectivity index (χ3v) is 7.39. The lowest BCUT2D eigenvalue weighted by Crippen LogP contribution is -2.44. The maximum atomic E-state index is 9.07. The molecule has 0 spiro atoms. The zero-order valence-electron chi connectivity index (χ0n) is 30.9. The lowest BCUT2D eigenvalue weighted by atomic mass is 10.3. The van der Waals surface area contributed by atoms with Crippen LogP contribution >= 0.6 is 0 Å². The van der Waals surface area contributed by atoms with Crippen molar-refractivity contribution in [3.05, 3.63) is 0 Å². The molecule has 0 bridgehead atoms. The van der Waals surface area contributed by atoms with E-state index in [-0.39, 0.29) is 6.61 Å². The Labute approximate surface area is 292 Å². The molecule has 0 heterocycles. The highest BCUT2D eigenvalue weighted by molar-refractivity contribution is 4.68. The van der Waals surface area contributed by atoms with Gasteiger partial charge in [0.05, 0.1) is 85.9 Å². The summed E-state index contributed by atoms with van der Waals surface area (Å²) in [6, 6.07) is 0. The van der Waals surface area contributed by atoms with Gasteiger partial charge in [-0.05, 0) is 13.0 Å². The predicted molar refractivity (Wildman–Crippen MR) is 192 cm³/mol. The van der Waals surface area contributed by atoms with Gasteiger partial charge >= 0.3 is 0 Å². The van der Waals surface area contributed by atoms with E-state index in [1.54, 1.807) is 14.2 Å². The molecule has 0 aromatic rings. The van der Waals surface area contributed by atoms with Crippen LogP contribution in [0.5, 0.6) is 0 Å². The molecule has 48 heavy (non-hydrogen) atoms. The molecule has 15 heteroatoms. The molecule has 290 valence electrons. The largest absolute Gasteiger partial charge is 0.394 e. The molecule has 0 aliphatic rings. The second-order valence-corrected chi connectivity index (χ2v) is 11.3. The van der Waals surface area contributed by atoms with Crippen molar-refractivity contribution in [3.8, 4) is 0 Å². The summed E-state index contributed by atoms with van der Waals surface area (Å²) in [5.74, 6) is 0. The molecule has 0 radical (unpaired) electrons. The highest BCUT2D eigenvalue weighted by Gasteiger charge is 2.11. The molecule has 0 fully saturated rings. The first-order chi connectivity index (χ1) is 23.7. The smallest absolute Gasteiger partial charge is 0.0701 e. The minimum Gasteiger partial charge on any atom is -0.394 e. The van der Waals surface area contributed by atoms with Gasteiger partial charge in [-0.2, -0.15) is 0 Å². The van der Waals surface area contributed by atoms with Crippen molar-refractivity contribution in [1.82, 2.24) is 30.7 Å². The number of ether oxygens (including phenoxy) is 7. The van der Waals surface area contributed by atoms with Crippen LogP contribution in [-0.2, 0) is 33.2 Å².